The average Bonchev–Trinajstić information content (AvgIpc) is 3.07. The lowest BCUT2D eigenvalue weighted by Crippen LogP contribution is -2.25. The van der Waals surface area contributed by atoms with Gasteiger partial charge in [0.2, 0.25) is 0 Å². The zero-order chi connectivity index (χ0) is 33.6. The molecule has 0 aliphatic rings. The molecule has 0 aromatic heterocycles. The van der Waals surface area contributed by atoms with Crippen LogP contribution in [0.25, 0.3) is 0 Å². The summed E-state index contributed by atoms with van der Waals surface area (Å²) in [5.41, 5.74) is 15.8. The minimum Gasteiger partial charge on any atom is -0.355 e. The third kappa shape index (κ3) is 7.64. The van der Waals surface area contributed by atoms with Crippen molar-refractivity contribution in [1.82, 2.24) is 0 Å². The summed E-state index contributed by atoms with van der Waals surface area (Å²) in [7, 11) is 0. The van der Waals surface area contributed by atoms with Crippen LogP contribution >= 0.6 is 0 Å². The molecule has 0 aliphatic carbocycles. The van der Waals surface area contributed by atoms with Gasteiger partial charge in [0.25, 0.3) is 0 Å². The van der Waals surface area contributed by atoms with Crippen molar-refractivity contribution in [3.8, 4) is 0 Å². The Balaban J connectivity index is 1.12. The van der Waals surface area contributed by atoms with Crippen LogP contribution in [0.4, 0.5) is 56.9 Å². The van der Waals surface area contributed by atoms with E-state index in [0.29, 0.717) is 0 Å². The maximum Gasteiger partial charge on any atom is 0.0417 e. The lowest BCUT2D eigenvalue weighted by molar-refractivity contribution is 0.788. The predicted molar refractivity (Wildman–Crippen MR) is 208 cm³/mol. The number of nitrogens with zero attached hydrogens (tertiary/aromatic N) is 1. The summed E-state index contributed by atoms with van der Waals surface area (Å²) in [6.45, 7) is 13.0. The van der Waals surface area contributed by atoms with Crippen molar-refractivity contribution >= 4 is 56.9 Å². The molecule has 0 heterocycles. The van der Waals surface area contributed by atoms with Crippen molar-refractivity contribution in [3.05, 3.63) is 156 Å². The van der Waals surface area contributed by atoms with E-state index in [0.717, 1.165) is 45.5 Å². The van der Waals surface area contributed by atoms with E-state index < -0.39 is 0 Å². The van der Waals surface area contributed by atoms with Crippen LogP contribution in [-0.2, 0) is 0 Å². The molecule has 0 fully saturated rings. The zero-order valence-electron chi connectivity index (χ0n) is 28.7. The normalized spacial score (nSPS) is 10.9. The third-order valence-corrected chi connectivity index (χ3v) is 8.67. The van der Waals surface area contributed by atoms with E-state index in [9.17, 15) is 0 Å². The number of anilines is 10. The monoisotopic (exact) mass is 631 g/mol. The molecule has 5 heteroatoms. The highest BCUT2D eigenvalue weighted by Gasteiger charge is 2.16. The first kappa shape index (κ1) is 32.3. The minimum atomic E-state index is 0.281. The predicted octanol–water partition coefficient (Wildman–Crippen LogP) is 12.4. The Labute approximate surface area is 285 Å². The van der Waals surface area contributed by atoms with Crippen LogP contribution in [-0.4, -0.2) is 6.04 Å². The second-order valence-corrected chi connectivity index (χ2v) is 12.7. The van der Waals surface area contributed by atoms with Crippen LogP contribution in [0, 0.1) is 27.7 Å². The molecular formula is C43H45N5. The van der Waals surface area contributed by atoms with E-state index in [1.807, 2.05) is 0 Å². The van der Waals surface area contributed by atoms with Gasteiger partial charge >= 0.3 is 0 Å². The van der Waals surface area contributed by atoms with E-state index in [-0.39, 0.29) is 6.04 Å². The summed E-state index contributed by atoms with van der Waals surface area (Å²) in [4.78, 5) is 2.39. The molecule has 0 unspecified atom stereocenters. The Morgan fingerprint density at radius 2 is 0.688 bits per heavy atom. The topological polar surface area (TPSA) is 51.4 Å². The molecule has 6 aromatic carbocycles. The smallest absolute Gasteiger partial charge is 0.0417 e. The molecule has 0 amide bonds. The van der Waals surface area contributed by atoms with Crippen LogP contribution in [0.15, 0.2) is 133 Å². The van der Waals surface area contributed by atoms with Crippen LogP contribution in [0.1, 0.15) is 36.1 Å². The summed E-state index contributed by atoms with van der Waals surface area (Å²) in [5.74, 6) is 0. The molecule has 0 saturated carbocycles. The Morgan fingerprint density at radius 1 is 0.375 bits per heavy atom. The van der Waals surface area contributed by atoms with Gasteiger partial charge in [0.05, 0.1) is 0 Å². The van der Waals surface area contributed by atoms with Gasteiger partial charge in [0.1, 0.15) is 0 Å². The fraction of sp³-hybridized carbons (Fsp3) is 0.163. The van der Waals surface area contributed by atoms with E-state index in [1.165, 1.54) is 33.6 Å². The molecule has 48 heavy (non-hydrogen) atoms. The van der Waals surface area contributed by atoms with Crippen LogP contribution in [0.5, 0.6) is 0 Å². The number of rotatable bonds is 11. The Hall–Kier alpha value is -5.68. The summed E-state index contributed by atoms with van der Waals surface area (Å²) >= 11 is 0. The highest BCUT2D eigenvalue weighted by molar-refractivity contribution is 5.75. The molecule has 0 bridgehead atoms. The number of benzene rings is 6. The summed E-state index contributed by atoms with van der Waals surface area (Å²) in [6, 6.07) is 47.2. The van der Waals surface area contributed by atoms with Gasteiger partial charge in [-0.3, -0.25) is 0 Å². The second-order valence-electron chi connectivity index (χ2n) is 12.7. The van der Waals surface area contributed by atoms with Crippen molar-refractivity contribution in [3.63, 3.8) is 0 Å². The Kier molecular flexibility index (Phi) is 9.67. The zero-order valence-corrected chi connectivity index (χ0v) is 28.7. The van der Waals surface area contributed by atoms with Gasteiger partial charge in [-0.05, 0) is 161 Å². The van der Waals surface area contributed by atoms with Gasteiger partial charge in [-0.1, -0.05) is 36.4 Å². The second kappa shape index (κ2) is 14.4. The van der Waals surface area contributed by atoms with E-state index in [2.05, 4.69) is 201 Å². The number of para-hydroxylation sites is 2. The van der Waals surface area contributed by atoms with E-state index in [1.54, 1.807) is 0 Å². The largest absolute Gasteiger partial charge is 0.355 e. The van der Waals surface area contributed by atoms with Gasteiger partial charge in [-0.2, -0.15) is 0 Å². The van der Waals surface area contributed by atoms with Gasteiger partial charge in [-0.15, -0.1) is 0 Å². The fourth-order valence-electron chi connectivity index (χ4n) is 5.94. The standard InChI is InChI=1S/C43H45N5/c1-29(2)48(38-23-25-42(32(5)27-38)46-36-19-15-34(16-20-36)44-40-13-9-7-11-30(40)3)39-24-26-43(33(6)28-39)47-37-21-17-35(18-22-37)45-41-14-10-8-12-31(41)4/h7-29,44-47H,1-6H3. The summed E-state index contributed by atoms with van der Waals surface area (Å²) in [6.07, 6.45) is 0. The van der Waals surface area contributed by atoms with Crippen molar-refractivity contribution in [2.45, 2.75) is 47.6 Å². The van der Waals surface area contributed by atoms with E-state index in [4.69, 9.17) is 0 Å². The van der Waals surface area contributed by atoms with Crippen LogP contribution < -0.4 is 26.2 Å². The lowest BCUT2D eigenvalue weighted by Gasteiger charge is -2.30. The van der Waals surface area contributed by atoms with Crippen LogP contribution in [0.2, 0.25) is 0 Å². The van der Waals surface area contributed by atoms with Crippen molar-refractivity contribution in [2.75, 3.05) is 26.2 Å². The first-order chi connectivity index (χ1) is 23.2. The molecule has 4 N–H and O–H groups in total. The summed E-state index contributed by atoms with van der Waals surface area (Å²) < 4.78 is 0. The first-order valence-electron chi connectivity index (χ1n) is 16.6. The molecule has 5 nitrogen and oxygen atoms in total. The molecular weight excluding hydrogens is 587 g/mol. The molecule has 6 rings (SSSR count). The maximum atomic E-state index is 3.61. The molecule has 0 atom stereocenters. The van der Waals surface area contributed by atoms with Crippen molar-refractivity contribution < 1.29 is 0 Å². The van der Waals surface area contributed by atoms with Gasteiger partial charge in [-0.25, -0.2) is 0 Å². The van der Waals surface area contributed by atoms with E-state index >= 15 is 0 Å². The lowest BCUT2D eigenvalue weighted by atomic mass is 10.1. The van der Waals surface area contributed by atoms with Crippen LogP contribution in [0.3, 0.4) is 0 Å². The first-order valence-corrected chi connectivity index (χ1v) is 16.6. The van der Waals surface area contributed by atoms with Crippen molar-refractivity contribution in [2.24, 2.45) is 0 Å². The quantitative estimate of drug-likeness (QED) is 0.115. The van der Waals surface area contributed by atoms with Gasteiger partial charge in [0.15, 0.2) is 0 Å². The number of nitrogens with one attached hydrogen (secondary N) is 4. The van der Waals surface area contributed by atoms with Gasteiger partial charge < -0.3 is 26.2 Å². The summed E-state index contributed by atoms with van der Waals surface area (Å²) in [5, 5.41) is 14.2. The number of aryl methyl sites for hydroxylation is 4. The molecule has 0 radical (unpaired) electrons. The van der Waals surface area contributed by atoms with Crippen molar-refractivity contribution in [1.29, 1.82) is 0 Å². The Bertz CT molecular complexity index is 1850. The number of hydrogen-bond acceptors (Lipinski definition) is 5. The molecule has 242 valence electrons. The third-order valence-electron chi connectivity index (χ3n) is 8.67. The highest BCUT2D eigenvalue weighted by atomic mass is 15.2. The maximum absolute atomic E-state index is 3.61. The molecule has 0 saturated heterocycles. The highest BCUT2D eigenvalue weighted by Crippen LogP contribution is 2.35. The fourth-order valence-corrected chi connectivity index (χ4v) is 5.94. The number of hydrogen-bond donors (Lipinski definition) is 4. The molecule has 6 aromatic rings. The minimum absolute atomic E-state index is 0.281. The Morgan fingerprint density at radius 3 is 0.979 bits per heavy atom. The molecule has 0 aliphatic heterocycles. The molecule has 0 spiro atoms. The SMILES string of the molecule is Cc1ccccc1Nc1ccc(Nc2ccc(N(c3ccc(Nc4ccc(Nc5ccccc5C)cc4)c(C)c3)C(C)C)cc2C)cc1. The van der Waals surface area contributed by atoms with Gasteiger partial charge in [0, 0.05) is 62.9 Å². The average molecular weight is 632 g/mol.